The van der Waals surface area contributed by atoms with E-state index in [9.17, 15) is 4.79 Å². The zero-order valence-corrected chi connectivity index (χ0v) is 10.4. The first-order valence-electron chi connectivity index (χ1n) is 6.28. The maximum atomic E-state index is 11.3. The molecule has 2 saturated heterocycles. The molecule has 0 radical (unpaired) electrons. The van der Waals surface area contributed by atoms with Crippen LogP contribution >= 0.6 is 0 Å². The Morgan fingerprint density at radius 2 is 1.76 bits per heavy atom. The second kappa shape index (κ2) is 5.80. The highest BCUT2D eigenvalue weighted by Gasteiger charge is 2.37. The molecule has 2 rings (SSSR count). The van der Waals surface area contributed by atoms with E-state index >= 15 is 0 Å². The lowest BCUT2D eigenvalue weighted by atomic mass is 9.93. The molecule has 0 saturated carbocycles. The highest BCUT2D eigenvalue weighted by molar-refractivity contribution is 5.66. The smallest absolute Gasteiger partial charge is 0.303 e. The topological polar surface area (TPSA) is 48.0 Å². The van der Waals surface area contributed by atoms with Gasteiger partial charge < -0.3 is 14.2 Å². The normalized spacial score (nSPS) is 25.5. The van der Waals surface area contributed by atoms with Gasteiger partial charge in [-0.25, -0.2) is 0 Å². The van der Waals surface area contributed by atoms with E-state index in [1.165, 1.54) is 6.92 Å². The Morgan fingerprint density at radius 1 is 1.18 bits per heavy atom. The number of ether oxygens (including phenoxy) is 3. The third-order valence-corrected chi connectivity index (χ3v) is 3.38. The second-order valence-electron chi connectivity index (χ2n) is 4.78. The minimum atomic E-state index is -0.346. The van der Waals surface area contributed by atoms with Crippen molar-refractivity contribution >= 4 is 5.97 Å². The van der Waals surface area contributed by atoms with Gasteiger partial charge >= 0.3 is 5.97 Å². The molecule has 2 heterocycles. The molecule has 2 aliphatic heterocycles. The molecule has 0 amide bonds. The first kappa shape index (κ1) is 12.8. The zero-order valence-electron chi connectivity index (χ0n) is 10.4. The first-order chi connectivity index (χ1) is 8.20. The van der Waals surface area contributed by atoms with E-state index in [-0.39, 0.29) is 11.6 Å². The molecule has 0 bridgehead atoms. The lowest BCUT2D eigenvalue weighted by Crippen LogP contribution is -2.52. The van der Waals surface area contributed by atoms with Crippen molar-refractivity contribution in [1.29, 1.82) is 0 Å². The number of esters is 1. The van der Waals surface area contributed by atoms with Crippen LogP contribution in [-0.2, 0) is 19.0 Å². The van der Waals surface area contributed by atoms with Crippen molar-refractivity contribution in [2.75, 3.05) is 46.1 Å². The van der Waals surface area contributed by atoms with E-state index in [0.717, 1.165) is 45.7 Å². The van der Waals surface area contributed by atoms with Crippen LogP contribution in [0, 0.1) is 0 Å². The Hall–Kier alpha value is -0.650. The van der Waals surface area contributed by atoms with E-state index in [1.54, 1.807) is 0 Å². The Morgan fingerprint density at radius 3 is 2.35 bits per heavy atom. The van der Waals surface area contributed by atoms with E-state index in [0.29, 0.717) is 13.2 Å². The molecule has 0 aromatic carbocycles. The molecule has 0 N–H and O–H groups in total. The van der Waals surface area contributed by atoms with Crippen molar-refractivity contribution in [2.24, 2.45) is 0 Å². The van der Waals surface area contributed by atoms with Gasteiger partial charge in [-0.2, -0.15) is 0 Å². The number of nitrogens with zero attached hydrogens (tertiary/aromatic N) is 1. The van der Waals surface area contributed by atoms with Crippen LogP contribution in [0.3, 0.4) is 0 Å². The second-order valence-corrected chi connectivity index (χ2v) is 4.78. The van der Waals surface area contributed by atoms with Crippen molar-refractivity contribution in [3.63, 3.8) is 0 Å². The Kier molecular flexibility index (Phi) is 4.36. The number of hydrogen-bond donors (Lipinski definition) is 0. The molecule has 2 fully saturated rings. The van der Waals surface area contributed by atoms with Gasteiger partial charge in [-0.1, -0.05) is 0 Å². The summed E-state index contributed by atoms with van der Waals surface area (Å²) >= 11 is 0. The van der Waals surface area contributed by atoms with Crippen LogP contribution in [-0.4, -0.2) is 62.5 Å². The van der Waals surface area contributed by atoms with Gasteiger partial charge in [-0.05, 0) is 0 Å². The Labute approximate surface area is 102 Å². The highest BCUT2D eigenvalue weighted by atomic mass is 16.6. The standard InChI is InChI=1S/C12H21NO4/c1-11(14)17-12(2-6-15-7-3-12)10-13-4-8-16-9-5-13/h2-10H2,1H3. The van der Waals surface area contributed by atoms with Crippen molar-refractivity contribution in [3.8, 4) is 0 Å². The van der Waals surface area contributed by atoms with Crippen molar-refractivity contribution in [2.45, 2.75) is 25.4 Å². The molecule has 0 unspecified atom stereocenters. The van der Waals surface area contributed by atoms with E-state index < -0.39 is 0 Å². The number of carbonyl (C=O) groups is 1. The van der Waals surface area contributed by atoms with Gasteiger partial charge in [0.05, 0.1) is 26.4 Å². The lowest BCUT2D eigenvalue weighted by molar-refractivity contribution is -0.171. The van der Waals surface area contributed by atoms with Crippen LogP contribution in [0.1, 0.15) is 19.8 Å². The van der Waals surface area contributed by atoms with Gasteiger partial charge in [0.25, 0.3) is 0 Å². The van der Waals surface area contributed by atoms with Crippen LogP contribution in [0.5, 0.6) is 0 Å². The zero-order chi connectivity index (χ0) is 12.1. The summed E-state index contributed by atoms with van der Waals surface area (Å²) in [5.74, 6) is -0.194. The summed E-state index contributed by atoms with van der Waals surface area (Å²) < 4.78 is 16.3. The fourth-order valence-corrected chi connectivity index (χ4v) is 2.51. The quantitative estimate of drug-likeness (QED) is 0.673. The fourth-order valence-electron chi connectivity index (χ4n) is 2.51. The largest absolute Gasteiger partial charge is 0.458 e. The minimum absolute atomic E-state index is 0.194. The molecule has 5 heteroatoms. The van der Waals surface area contributed by atoms with Crippen LogP contribution in [0.2, 0.25) is 0 Å². The molecule has 2 aliphatic rings. The lowest BCUT2D eigenvalue weighted by Gasteiger charge is -2.41. The van der Waals surface area contributed by atoms with Gasteiger partial charge in [0.2, 0.25) is 0 Å². The maximum Gasteiger partial charge on any atom is 0.303 e. The van der Waals surface area contributed by atoms with Gasteiger partial charge in [-0.3, -0.25) is 9.69 Å². The molecule has 0 aromatic rings. The molecular formula is C12H21NO4. The third-order valence-electron chi connectivity index (χ3n) is 3.38. The molecule has 0 aliphatic carbocycles. The van der Waals surface area contributed by atoms with Crippen LogP contribution in [0.15, 0.2) is 0 Å². The first-order valence-corrected chi connectivity index (χ1v) is 6.28. The minimum Gasteiger partial charge on any atom is -0.458 e. The van der Waals surface area contributed by atoms with Gasteiger partial charge in [-0.15, -0.1) is 0 Å². The molecule has 0 spiro atoms. The molecule has 5 nitrogen and oxygen atoms in total. The van der Waals surface area contributed by atoms with Crippen LogP contribution in [0.25, 0.3) is 0 Å². The van der Waals surface area contributed by atoms with E-state index in [4.69, 9.17) is 14.2 Å². The van der Waals surface area contributed by atoms with Crippen LogP contribution in [0.4, 0.5) is 0 Å². The number of hydrogen-bond acceptors (Lipinski definition) is 5. The summed E-state index contributed by atoms with van der Waals surface area (Å²) in [5, 5.41) is 0. The number of carbonyl (C=O) groups excluding carboxylic acids is 1. The summed E-state index contributed by atoms with van der Waals surface area (Å²) in [7, 11) is 0. The van der Waals surface area contributed by atoms with Crippen molar-refractivity contribution in [3.05, 3.63) is 0 Å². The average Bonchev–Trinajstić information content (AvgIpc) is 2.30. The Balaban J connectivity index is 1.95. The highest BCUT2D eigenvalue weighted by Crippen LogP contribution is 2.27. The van der Waals surface area contributed by atoms with Gasteiger partial charge in [0.15, 0.2) is 0 Å². The summed E-state index contributed by atoms with van der Waals surface area (Å²) in [6, 6.07) is 0. The monoisotopic (exact) mass is 243 g/mol. The summed E-state index contributed by atoms with van der Waals surface area (Å²) in [6.07, 6.45) is 1.59. The van der Waals surface area contributed by atoms with Crippen molar-refractivity contribution in [1.82, 2.24) is 4.90 Å². The molecule has 98 valence electrons. The average molecular weight is 243 g/mol. The van der Waals surface area contributed by atoms with Crippen molar-refractivity contribution < 1.29 is 19.0 Å². The predicted octanol–water partition coefficient (Wildman–Crippen LogP) is 0.431. The summed E-state index contributed by atoms with van der Waals surface area (Å²) in [4.78, 5) is 13.6. The summed E-state index contributed by atoms with van der Waals surface area (Å²) in [5.41, 5.74) is -0.346. The number of morpholine rings is 1. The van der Waals surface area contributed by atoms with Crippen LogP contribution < -0.4 is 0 Å². The fraction of sp³-hybridized carbons (Fsp3) is 0.917. The number of rotatable bonds is 3. The maximum absolute atomic E-state index is 11.3. The molecule has 0 aromatic heterocycles. The van der Waals surface area contributed by atoms with Gasteiger partial charge in [0, 0.05) is 39.4 Å². The Bertz CT molecular complexity index is 257. The summed E-state index contributed by atoms with van der Waals surface area (Å²) in [6.45, 7) is 7.03. The van der Waals surface area contributed by atoms with E-state index in [1.807, 2.05) is 0 Å². The SMILES string of the molecule is CC(=O)OC1(CN2CCOCC2)CCOCC1. The third kappa shape index (κ3) is 3.66. The predicted molar refractivity (Wildman–Crippen MR) is 61.8 cm³/mol. The molecule has 0 atom stereocenters. The molecule has 17 heavy (non-hydrogen) atoms. The molecular weight excluding hydrogens is 222 g/mol. The van der Waals surface area contributed by atoms with Gasteiger partial charge in [0.1, 0.15) is 5.60 Å². The van der Waals surface area contributed by atoms with E-state index in [2.05, 4.69) is 4.90 Å².